The highest BCUT2D eigenvalue weighted by atomic mass is 19.4. The Hall–Kier alpha value is -3.96. The molecule has 2 aromatic carbocycles. The molecule has 3 heterocycles. The fourth-order valence-corrected chi connectivity index (χ4v) is 6.55. The van der Waals surface area contributed by atoms with E-state index in [1.165, 1.54) is 15.9 Å². The van der Waals surface area contributed by atoms with Crippen molar-refractivity contribution in [2.75, 3.05) is 24.6 Å². The van der Waals surface area contributed by atoms with Gasteiger partial charge in [0.25, 0.3) is 5.91 Å². The van der Waals surface area contributed by atoms with Crippen LogP contribution in [0.2, 0.25) is 0 Å². The molecule has 1 amide bonds. The number of carbonyl (C=O) groups excluding carboxylic acids is 1. The summed E-state index contributed by atoms with van der Waals surface area (Å²) in [5.74, 6) is -0.0543. The third kappa shape index (κ3) is 5.54. The normalized spacial score (nSPS) is 24.2. The third-order valence-corrected chi connectivity index (χ3v) is 8.86. The molecular weight excluding hydrogens is 590 g/mol. The molecule has 0 N–H and O–H groups in total. The number of aromatic nitrogens is 3. The van der Waals surface area contributed by atoms with E-state index in [0.29, 0.717) is 24.9 Å². The van der Waals surface area contributed by atoms with E-state index < -0.39 is 41.9 Å². The molecule has 1 atom stereocenters. The van der Waals surface area contributed by atoms with Gasteiger partial charge in [-0.05, 0) is 53.8 Å². The lowest BCUT2D eigenvalue weighted by molar-refractivity contribution is -0.237. The number of fused-ring (bicyclic) bond motifs is 1. The number of hydrogen-bond donors (Lipinski definition) is 0. The average molecular weight is 619 g/mol. The van der Waals surface area contributed by atoms with Gasteiger partial charge in [0.1, 0.15) is 12.2 Å². The van der Waals surface area contributed by atoms with Gasteiger partial charge in [0, 0.05) is 55.7 Å². The van der Waals surface area contributed by atoms with Gasteiger partial charge in [0.2, 0.25) is 0 Å². The van der Waals surface area contributed by atoms with Crippen LogP contribution < -0.4 is 4.90 Å². The Bertz CT molecular complexity index is 1620. The number of anilines is 1. The van der Waals surface area contributed by atoms with Crippen LogP contribution in [0.3, 0.4) is 0 Å². The fraction of sp³-hybridized carbons (Fsp3) is 0.467. The summed E-state index contributed by atoms with van der Waals surface area (Å²) >= 11 is 0. The number of nitriles is 1. The first-order valence-corrected chi connectivity index (χ1v) is 14.1. The van der Waals surface area contributed by atoms with Crippen molar-refractivity contribution in [1.29, 1.82) is 5.26 Å². The molecular formula is C30H28F6N6O2. The average Bonchev–Trinajstić information content (AvgIpc) is 3.51. The molecule has 3 aromatic rings. The predicted molar refractivity (Wildman–Crippen MR) is 144 cm³/mol. The summed E-state index contributed by atoms with van der Waals surface area (Å²) in [7, 11) is 1.82. The van der Waals surface area contributed by atoms with Crippen molar-refractivity contribution < 1.29 is 35.9 Å². The molecule has 3 aliphatic rings. The molecule has 44 heavy (non-hydrogen) atoms. The van der Waals surface area contributed by atoms with E-state index >= 15 is 0 Å². The Kier molecular flexibility index (Phi) is 7.44. The smallest absolute Gasteiger partial charge is 0.366 e. The highest BCUT2D eigenvalue weighted by Gasteiger charge is 2.48. The quantitative estimate of drug-likeness (QED) is 0.355. The lowest BCUT2D eigenvalue weighted by Gasteiger charge is -2.45. The molecule has 0 spiro atoms. The van der Waals surface area contributed by atoms with Crippen LogP contribution in [0, 0.1) is 17.2 Å². The van der Waals surface area contributed by atoms with Crippen molar-refractivity contribution in [3.8, 4) is 6.07 Å². The number of amides is 1. The summed E-state index contributed by atoms with van der Waals surface area (Å²) in [6, 6.07) is 11.6. The molecule has 0 bridgehead atoms. The van der Waals surface area contributed by atoms with Crippen LogP contribution >= 0.6 is 0 Å². The van der Waals surface area contributed by atoms with E-state index in [9.17, 15) is 36.4 Å². The summed E-state index contributed by atoms with van der Waals surface area (Å²) < 4.78 is 89.1. The molecule has 6 rings (SSSR count). The zero-order valence-corrected chi connectivity index (χ0v) is 23.6. The lowest BCUT2D eigenvalue weighted by Crippen LogP contribution is -2.48. The predicted octanol–water partition coefficient (Wildman–Crippen LogP) is 5.17. The number of alkyl halides is 6. The zero-order chi connectivity index (χ0) is 31.4. The summed E-state index contributed by atoms with van der Waals surface area (Å²) in [5.41, 5.74) is -0.371. The molecule has 1 saturated heterocycles. The van der Waals surface area contributed by atoms with Crippen LogP contribution in [-0.4, -0.2) is 57.5 Å². The van der Waals surface area contributed by atoms with E-state index in [-0.39, 0.29) is 48.8 Å². The maximum Gasteiger partial charge on any atom is 0.416 e. The van der Waals surface area contributed by atoms with Crippen molar-refractivity contribution in [1.82, 2.24) is 19.7 Å². The Balaban J connectivity index is 1.30. The minimum Gasteiger partial charge on any atom is -0.366 e. The molecule has 0 unspecified atom stereocenters. The van der Waals surface area contributed by atoms with Gasteiger partial charge >= 0.3 is 12.4 Å². The summed E-state index contributed by atoms with van der Waals surface area (Å²) in [6.45, 7) is -1.12. The molecule has 1 saturated carbocycles. The Morgan fingerprint density at radius 1 is 1.14 bits per heavy atom. The van der Waals surface area contributed by atoms with Crippen LogP contribution in [0.1, 0.15) is 51.3 Å². The Morgan fingerprint density at radius 2 is 1.91 bits per heavy atom. The Labute approximate surface area is 248 Å². The SMILES string of the molecule is Cn1cnnc1CC1(c2cccc(N3Cc4c(cc(CN5CCO[C@H](C(F)(F)F)C5)cc4C(F)(F)F)C3=O)c2)CC(C#N)C1. The maximum atomic E-state index is 14.3. The molecule has 0 radical (unpaired) electrons. The maximum absolute atomic E-state index is 14.3. The second-order valence-corrected chi connectivity index (χ2v) is 11.8. The zero-order valence-electron chi connectivity index (χ0n) is 23.6. The van der Waals surface area contributed by atoms with Gasteiger partial charge in [-0.2, -0.15) is 31.6 Å². The van der Waals surface area contributed by atoms with Crippen LogP contribution in [0.15, 0.2) is 42.7 Å². The Morgan fingerprint density at radius 3 is 2.57 bits per heavy atom. The molecule has 1 aromatic heterocycles. The number of nitrogens with zero attached hydrogens (tertiary/aromatic N) is 6. The monoisotopic (exact) mass is 618 g/mol. The van der Waals surface area contributed by atoms with Crippen LogP contribution in [0.25, 0.3) is 0 Å². The number of halogens is 6. The number of benzene rings is 2. The van der Waals surface area contributed by atoms with Crippen LogP contribution in [0.4, 0.5) is 32.0 Å². The molecule has 1 aliphatic carbocycles. The van der Waals surface area contributed by atoms with E-state index in [4.69, 9.17) is 4.74 Å². The molecule has 14 heteroatoms. The van der Waals surface area contributed by atoms with E-state index in [2.05, 4.69) is 16.3 Å². The highest BCUT2D eigenvalue weighted by Crippen LogP contribution is 2.50. The van der Waals surface area contributed by atoms with Gasteiger partial charge in [0.05, 0.1) is 24.8 Å². The lowest BCUT2D eigenvalue weighted by atomic mass is 9.57. The van der Waals surface area contributed by atoms with Crippen LogP contribution in [0.5, 0.6) is 0 Å². The largest absolute Gasteiger partial charge is 0.416 e. The van der Waals surface area contributed by atoms with Gasteiger partial charge in [0.15, 0.2) is 6.10 Å². The van der Waals surface area contributed by atoms with Crippen molar-refractivity contribution in [3.05, 3.63) is 76.4 Å². The van der Waals surface area contributed by atoms with E-state index in [0.717, 1.165) is 17.5 Å². The highest BCUT2D eigenvalue weighted by molar-refractivity contribution is 6.10. The first-order chi connectivity index (χ1) is 20.8. The van der Waals surface area contributed by atoms with Gasteiger partial charge in [-0.1, -0.05) is 12.1 Å². The van der Waals surface area contributed by atoms with Gasteiger partial charge in [-0.3, -0.25) is 9.69 Å². The van der Waals surface area contributed by atoms with Crippen LogP contribution in [-0.2, 0) is 42.9 Å². The van der Waals surface area contributed by atoms with Gasteiger partial charge in [-0.25, -0.2) is 0 Å². The first-order valence-electron chi connectivity index (χ1n) is 14.1. The number of hydrogen-bond acceptors (Lipinski definition) is 6. The minimum absolute atomic E-state index is 0.0995. The topological polar surface area (TPSA) is 87.3 Å². The second kappa shape index (κ2) is 10.9. The number of ether oxygens (including phenoxy) is 1. The van der Waals surface area contributed by atoms with Crippen molar-refractivity contribution in [3.63, 3.8) is 0 Å². The van der Waals surface area contributed by atoms with Gasteiger partial charge in [-0.15, -0.1) is 10.2 Å². The molecule has 2 aliphatic heterocycles. The fourth-order valence-electron chi connectivity index (χ4n) is 6.55. The van der Waals surface area contributed by atoms with E-state index in [1.54, 1.807) is 29.1 Å². The van der Waals surface area contributed by atoms with Crippen molar-refractivity contribution in [2.24, 2.45) is 13.0 Å². The minimum atomic E-state index is -4.78. The third-order valence-electron chi connectivity index (χ3n) is 8.86. The number of rotatable bonds is 6. The number of morpholine rings is 1. The van der Waals surface area contributed by atoms with Crippen molar-refractivity contribution >= 4 is 11.6 Å². The van der Waals surface area contributed by atoms with Crippen molar-refractivity contribution in [2.45, 2.75) is 56.2 Å². The van der Waals surface area contributed by atoms with Gasteiger partial charge < -0.3 is 14.2 Å². The standard InChI is InChI=1S/C30H28F6N6O2/c1-40-17-38-39-26(40)12-28(10-19(11-28)13-37)20-3-2-4-21(9-20)42-15-23-22(27(42)43)7-18(8-24(23)29(31,32)33)14-41-5-6-44-25(16-41)30(34,35)36/h2-4,7-9,17,19,25H,5-6,10-12,14-16H2,1H3/t19?,25-,28?/m0/s1. The van der Waals surface area contributed by atoms with E-state index in [1.807, 2.05) is 13.1 Å². The summed E-state index contributed by atoms with van der Waals surface area (Å²) in [4.78, 5) is 16.3. The summed E-state index contributed by atoms with van der Waals surface area (Å²) in [5, 5.41) is 17.6. The second-order valence-electron chi connectivity index (χ2n) is 11.8. The number of carbonyl (C=O) groups is 1. The summed E-state index contributed by atoms with van der Waals surface area (Å²) in [6.07, 6.45) is -8.21. The molecule has 8 nitrogen and oxygen atoms in total. The first kappa shape index (κ1) is 30.1. The number of aryl methyl sites for hydroxylation is 1. The molecule has 2 fully saturated rings. The molecule has 232 valence electrons.